The molecule has 2 aromatic carbocycles. The average molecular weight is 389 g/mol. The summed E-state index contributed by atoms with van der Waals surface area (Å²) in [4.78, 5) is 18.9. The van der Waals surface area contributed by atoms with Crippen LogP contribution in [0, 0.1) is 12.7 Å². The van der Waals surface area contributed by atoms with E-state index in [1.807, 2.05) is 19.1 Å². The number of aryl methyl sites for hydroxylation is 1. The molecule has 0 aromatic heterocycles. The van der Waals surface area contributed by atoms with Crippen LogP contribution in [0.15, 0.2) is 53.5 Å². The predicted molar refractivity (Wildman–Crippen MR) is 108 cm³/mol. The first kappa shape index (κ1) is 18.7. The number of halogens is 2. The van der Waals surface area contributed by atoms with Crippen molar-refractivity contribution in [2.75, 3.05) is 12.3 Å². The van der Waals surface area contributed by atoms with Gasteiger partial charge in [0.25, 0.3) is 5.91 Å². The molecule has 0 bridgehead atoms. The van der Waals surface area contributed by atoms with E-state index in [9.17, 15) is 9.18 Å². The van der Waals surface area contributed by atoms with E-state index < -0.39 is 0 Å². The highest BCUT2D eigenvalue weighted by Crippen LogP contribution is 2.26. The molecule has 1 heterocycles. The molecule has 6 heteroatoms. The minimum atomic E-state index is -0.327. The number of benzene rings is 2. The highest BCUT2D eigenvalue weighted by molar-refractivity contribution is 8.13. The zero-order chi connectivity index (χ0) is 18.5. The molecular weight excluding hydrogens is 371 g/mol. The largest absolute Gasteiger partial charge is 0.288 e. The van der Waals surface area contributed by atoms with E-state index in [1.54, 1.807) is 40.9 Å². The Morgan fingerprint density at radius 1 is 1.31 bits per heavy atom. The third-order valence-electron chi connectivity index (χ3n) is 3.90. The SMILES string of the molecule is Cc1ccc(N=C2SCCCN2C(=O)/C=C/c2cccc(F)c2)cc1Cl. The number of hydrogen-bond acceptors (Lipinski definition) is 3. The first-order valence-electron chi connectivity index (χ1n) is 8.26. The number of thioether (sulfide) groups is 1. The fraction of sp³-hybridized carbons (Fsp3) is 0.200. The van der Waals surface area contributed by atoms with Gasteiger partial charge in [0.2, 0.25) is 0 Å². The van der Waals surface area contributed by atoms with Crippen LogP contribution >= 0.6 is 23.4 Å². The Morgan fingerprint density at radius 2 is 2.15 bits per heavy atom. The van der Waals surface area contributed by atoms with E-state index in [4.69, 9.17) is 11.6 Å². The van der Waals surface area contributed by atoms with E-state index in [2.05, 4.69) is 4.99 Å². The molecule has 0 saturated carbocycles. The van der Waals surface area contributed by atoms with Crippen LogP contribution < -0.4 is 0 Å². The molecule has 1 saturated heterocycles. The van der Waals surface area contributed by atoms with E-state index in [0.29, 0.717) is 22.3 Å². The molecule has 3 rings (SSSR count). The lowest BCUT2D eigenvalue weighted by molar-refractivity contribution is -0.122. The van der Waals surface area contributed by atoms with Gasteiger partial charge < -0.3 is 0 Å². The molecule has 134 valence electrons. The minimum absolute atomic E-state index is 0.168. The Balaban J connectivity index is 1.80. The van der Waals surface area contributed by atoms with Crippen LogP contribution in [-0.2, 0) is 4.79 Å². The number of amides is 1. The summed E-state index contributed by atoms with van der Waals surface area (Å²) in [5.41, 5.74) is 2.35. The van der Waals surface area contributed by atoms with Gasteiger partial charge in [-0.25, -0.2) is 9.38 Å². The Hall–Kier alpha value is -2.11. The Bertz CT molecular complexity index is 882. The van der Waals surface area contributed by atoms with Crippen molar-refractivity contribution in [2.45, 2.75) is 13.3 Å². The molecule has 2 aromatic rings. The van der Waals surface area contributed by atoms with Gasteiger partial charge in [-0.3, -0.25) is 9.69 Å². The average Bonchev–Trinajstić information content (AvgIpc) is 2.63. The topological polar surface area (TPSA) is 32.7 Å². The number of rotatable bonds is 3. The molecule has 0 aliphatic carbocycles. The summed E-state index contributed by atoms with van der Waals surface area (Å²) in [5.74, 6) is 0.417. The van der Waals surface area contributed by atoms with Gasteiger partial charge in [-0.1, -0.05) is 41.6 Å². The smallest absolute Gasteiger partial charge is 0.252 e. The molecule has 1 amide bonds. The van der Waals surface area contributed by atoms with Crippen molar-refractivity contribution in [3.8, 4) is 0 Å². The predicted octanol–water partition coefficient (Wildman–Crippen LogP) is 5.45. The van der Waals surface area contributed by atoms with E-state index in [0.717, 1.165) is 23.4 Å². The van der Waals surface area contributed by atoms with E-state index in [1.165, 1.54) is 18.2 Å². The molecular formula is C20H18ClFN2OS. The van der Waals surface area contributed by atoms with Crippen molar-refractivity contribution < 1.29 is 9.18 Å². The van der Waals surface area contributed by atoms with E-state index in [-0.39, 0.29) is 11.7 Å². The fourth-order valence-electron chi connectivity index (χ4n) is 2.49. The van der Waals surface area contributed by atoms with Gasteiger partial charge in [-0.2, -0.15) is 0 Å². The lowest BCUT2D eigenvalue weighted by atomic mass is 10.2. The third-order valence-corrected chi connectivity index (χ3v) is 5.37. The van der Waals surface area contributed by atoms with Crippen LogP contribution in [-0.4, -0.2) is 28.3 Å². The van der Waals surface area contributed by atoms with Crippen LogP contribution in [0.5, 0.6) is 0 Å². The molecule has 26 heavy (non-hydrogen) atoms. The number of carbonyl (C=O) groups is 1. The Morgan fingerprint density at radius 3 is 2.92 bits per heavy atom. The second kappa shape index (κ2) is 8.52. The number of amidine groups is 1. The normalized spacial score (nSPS) is 16.4. The Labute approximate surface area is 161 Å². The zero-order valence-electron chi connectivity index (χ0n) is 14.3. The number of carbonyl (C=O) groups excluding carboxylic acids is 1. The number of nitrogens with zero attached hydrogens (tertiary/aromatic N) is 2. The lowest BCUT2D eigenvalue weighted by Crippen LogP contribution is -2.38. The fourth-order valence-corrected chi connectivity index (χ4v) is 3.62. The molecule has 1 aliphatic rings. The van der Waals surface area contributed by atoms with Gasteiger partial charge in [-0.05, 0) is 54.8 Å². The summed E-state index contributed by atoms with van der Waals surface area (Å²) in [6, 6.07) is 11.7. The van der Waals surface area contributed by atoms with Gasteiger partial charge in [0.05, 0.1) is 5.69 Å². The van der Waals surface area contributed by atoms with E-state index >= 15 is 0 Å². The first-order valence-corrected chi connectivity index (χ1v) is 9.62. The van der Waals surface area contributed by atoms with Gasteiger partial charge in [0.1, 0.15) is 5.82 Å². The standard InChI is InChI=1S/C20H18ClFN2OS/c1-14-6-8-17(13-18(14)21)23-20-24(10-3-11-26-20)19(25)9-7-15-4-2-5-16(22)12-15/h2,4-9,12-13H,3,10-11H2,1H3/b9-7+,23-20?. The summed E-state index contributed by atoms with van der Waals surface area (Å²) >= 11 is 7.71. The summed E-state index contributed by atoms with van der Waals surface area (Å²) in [5, 5.41) is 1.31. The van der Waals surface area contributed by atoms with Crippen molar-refractivity contribution >= 4 is 46.2 Å². The van der Waals surface area contributed by atoms with Crippen LogP contribution in [0.1, 0.15) is 17.5 Å². The lowest BCUT2D eigenvalue weighted by Gasteiger charge is -2.26. The van der Waals surface area contributed by atoms with Gasteiger partial charge in [-0.15, -0.1) is 0 Å². The molecule has 0 atom stereocenters. The Kier molecular flexibility index (Phi) is 6.12. The molecule has 1 fully saturated rings. The van der Waals surface area contributed by atoms with Crippen molar-refractivity contribution in [3.63, 3.8) is 0 Å². The zero-order valence-corrected chi connectivity index (χ0v) is 15.9. The number of hydrogen-bond donors (Lipinski definition) is 0. The second-order valence-corrected chi connectivity index (χ2v) is 7.38. The summed E-state index contributed by atoms with van der Waals surface area (Å²) in [6.45, 7) is 2.54. The minimum Gasteiger partial charge on any atom is -0.288 e. The van der Waals surface area contributed by atoms with Crippen LogP contribution in [0.4, 0.5) is 10.1 Å². The molecule has 0 spiro atoms. The molecule has 0 radical (unpaired) electrons. The van der Waals surface area contributed by atoms with Crippen molar-refractivity contribution in [3.05, 3.63) is 70.5 Å². The van der Waals surface area contributed by atoms with Crippen LogP contribution in [0.3, 0.4) is 0 Å². The molecule has 0 N–H and O–H groups in total. The third kappa shape index (κ3) is 4.74. The van der Waals surface area contributed by atoms with Gasteiger partial charge in [0.15, 0.2) is 5.17 Å². The van der Waals surface area contributed by atoms with Gasteiger partial charge in [0, 0.05) is 23.4 Å². The first-order chi connectivity index (χ1) is 12.5. The maximum Gasteiger partial charge on any atom is 0.252 e. The molecule has 3 nitrogen and oxygen atoms in total. The molecule has 0 unspecified atom stereocenters. The summed E-state index contributed by atoms with van der Waals surface area (Å²) < 4.78 is 13.2. The van der Waals surface area contributed by atoms with Crippen molar-refractivity contribution in [1.29, 1.82) is 0 Å². The highest BCUT2D eigenvalue weighted by Gasteiger charge is 2.22. The molecule has 1 aliphatic heterocycles. The summed E-state index contributed by atoms with van der Waals surface area (Å²) in [6.07, 6.45) is 3.97. The maximum absolute atomic E-state index is 13.2. The van der Waals surface area contributed by atoms with Gasteiger partial charge >= 0.3 is 0 Å². The maximum atomic E-state index is 13.2. The van der Waals surface area contributed by atoms with Crippen molar-refractivity contribution in [1.82, 2.24) is 4.90 Å². The van der Waals surface area contributed by atoms with Crippen LogP contribution in [0.25, 0.3) is 6.08 Å². The monoisotopic (exact) mass is 388 g/mol. The summed E-state index contributed by atoms with van der Waals surface area (Å²) in [7, 11) is 0. The van der Waals surface area contributed by atoms with Crippen LogP contribution in [0.2, 0.25) is 5.02 Å². The second-order valence-electron chi connectivity index (χ2n) is 5.91. The quantitative estimate of drug-likeness (QED) is 0.654. The number of aliphatic imine (C=N–C) groups is 1. The van der Waals surface area contributed by atoms with Crippen molar-refractivity contribution in [2.24, 2.45) is 4.99 Å². The highest BCUT2D eigenvalue weighted by atomic mass is 35.5.